The molecule has 25 heavy (non-hydrogen) atoms. The zero-order valence-electron chi connectivity index (χ0n) is 14.2. The maximum absolute atomic E-state index is 13.8. The number of rotatable bonds is 5. The topological polar surface area (TPSA) is 81.3 Å². The van der Waals surface area contributed by atoms with E-state index in [1.807, 2.05) is 0 Å². The second-order valence-electron chi connectivity index (χ2n) is 6.25. The van der Waals surface area contributed by atoms with E-state index in [9.17, 15) is 12.8 Å². The number of likely N-dealkylation sites (N-methyl/N-ethyl adjacent to an activating group) is 1. The Labute approximate surface area is 146 Å². The van der Waals surface area contributed by atoms with Gasteiger partial charge in [-0.15, -0.1) is 0 Å². The molecule has 0 amide bonds. The van der Waals surface area contributed by atoms with Crippen LogP contribution >= 0.6 is 0 Å². The molecule has 3 rings (SSSR count). The summed E-state index contributed by atoms with van der Waals surface area (Å²) in [5.74, 6) is -0.388. The maximum atomic E-state index is 13.8. The van der Waals surface area contributed by atoms with Gasteiger partial charge in [-0.1, -0.05) is 0 Å². The van der Waals surface area contributed by atoms with Crippen LogP contribution in [0.3, 0.4) is 0 Å². The number of sulfonamides is 1. The summed E-state index contributed by atoms with van der Waals surface area (Å²) in [5, 5.41) is -0.0168. The van der Waals surface area contributed by atoms with E-state index < -0.39 is 16.1 Å². The highest BCUT2D eigenvalue weighted by molar-refractivity contribution is 7.89. The van der Waals surface area contributed by atoms with Gasteiger partial charge in [0.05, 0.1) is 12.5 Å². The fourth-order valence-corrected chi connectivity index (χ4v) is 4.08. The number of nitrogens with one attached hydrogen (secondary N) is 2. The number of hydrogen-bond donors (Lipinski definition) is 2. The van der Waals surface area contributed by atoms with Crippen LogP contribution in [0.4, 0.5) is 10.1 Å². The third-order valence-corrected chi connectivity index (χ3v) is 5.86. The van der Waals surface area contributed by atoms with Crippen molar-refractivity contribution in [1.29, 1.82) is 0 Å². The van der Waals surface area contributed by atoms with Crippen LogP contribution in [-0.2, 0) is 10.0 Å². The van der Waals surface area contributed by atoms with Gasteiger partial charge in [-0.25, -0.2) is 22.5 Å². The fourth-order valence-electron chi connectivity index (χ4n) is 2.96. The molecule has 1 fully saturated rings. The Morgan fingerprint density at radius 2 is 2.00 bits per heavy atom. The largest absolute Gasteiger partial charge is 0.369 e. The highest BCUT2D eigenvalue weighted by Crippen LogP contribution is 2.29. The highest BCUT2D eigenvalue weighted by Gasteiger charge is 2.24. The summed E-state index contributed by atoms with van der Waals surface area (Å²) < 4.78 is 41.2. The molecule has 2 aromatic rings. The highest BCUT2D eigenvalue weighted by atomic mass is 32.2. The van der Waals surface area contributed by atoms with Gasteiger partial charge in [0.15, 0.2) is 5.03 Å². The Kier molecular flexibility index (Phi) is 5.07. The van der Waals surface area contributed by atoms with Crippen LogP contribution < -0.4 is 9.62 Å². The standard InChI is InChI=1S/C16H22FN5O2S/c1-12(20-25(23,24)16-10-18-11-19-16)14-9-13(17)3-4-15(14)22-7-5-21(2)6-8-22/h3-4,9-12,20H,5-8H2,1-2H3,(H,18,19). The minimum absolute atomic E-state index is 0.0168. The van der Waals surface area contributed by atoms with Crippen LogP contribution in [-0.4, -0.2) is 56.5 Å². The average Bonchev–Trinajstić information content (AvgIpc) is 3.11. The molecule has 2 heterocycles. The molecule has 9 heteroatoms. The van der Waals surface area contributed by atoms with E-state index in [0.29, 0.717) is 5.56 Å². The number of imidazole rings is 1. The van der Waals surface area contributed by atoms with Gasteiger partial charge in [-0.2, -0.15) is 0 Å². The Morgan fingerprint density at radius 1 is 1.28 bits per heavy atom. The first-order valence-corrected chi connectivity index (χ1v) is 9.59. The van der Waals surface area contributed by atoms with E-state index in [2.05, 4.69) is 31.5 Å². The minimum atomic E-state index is -3.75. The van der Waals surface area contributed by atoms with Crippen LogP contribution in [0, 0.1) is 5.82 Å². The third kappa shape index (κ3) is 4.00. The number of piperazine rings is 1. The lowest BCUT2D eigenvalue weighted by Gasteiger charge is -2.36. The number of benzene rings is 1. The van der Waals surface area contributed by atoms with Crippen molar-refractivity contribution < 1.29 is 12.8 Å². The number of halogens is 1. The number of hydrogen-bond acceptors (Lipinski definition) is 5. The van der Waals surface area contributed by atoms with Crippen LogP contribution in [0.15, 0.2) is 35.7 Å². The summed E-state index contributed by atoms with van der Waals surface area (Å²) in [5.41, 5.74) is 1.47. The van der Waals surface area contributed by atoms with Gasteiger partial charge in [0.2, 0.25) is 0 Å². The molecule has 1 aliphatic heterocycles. The summed E-state index contributed by atoms with van der Waals surface area (Å²) in [6.07, 6.45) is 2.54. The van der Waals surface area contributed by atoms with E-state index in [0.717, 1.165) is 31.9 Å². The Balaban J connectivity index is 1.87. The maximum Gasteiger partial charge on any atom is 0.258 e. The average molecular weight is 367 g/mol. The molecular formula is C16H22FN5O2S. The van der Waals surface area contributed by atoms with Crippen LogP contribution in [0.2, 0.25) is 0 Å². The number of nitrogens with zero attached hydrogens (tertiary/aromatic N) is 3. The molecule has 1 aromatic heterocycles. The molecule has 1 aromatic carbocycles. The number of aromatic nitrogens is 2. The van der Waals surface area contributed by atoms with Gasteiger partial charge < -0.3 is 14.8 Å². The number of H-pyrrole nitrogens is 1. The van der Waals surface area contributed by atoms with Gasteiger partial charge in [-0.05, 0) is 37.7 Å². The summed E-state index contributed by atoms with van der Waals surface area (Å²) in [6.45, 7) is 5.16. The Bertz CT molecular complexity index is 817. The quantitative estimate of drug-likeness (QED) is 0.834. The lowest BCUT2D eigenvalue weighted by molar-refractivity contribution is 0.312. The molecule has 1 unspecified atom stereocenters. The predicted molar refractivity (Wildman–Crippen MR) is 93.4 cm³/mol. The summed E-state index contributed by atoms with van der Waals surface area (Å²) in [4.78, 5) is 10.7. The predicted octanol–water partition coefficient (Wildman–Crippen LogP) is 1.34. The molecule has 1 atom stereocenters. The van der Waals surface area contributed by atoms with Crippen molar-refractivity contribution in [2.24, 2.45) is 0 Å². The normalized spacial score (nSPS) is 17.6. The van der Waals surface area contributed by atoms with E-state index in [-0.39, 0.29) is 10.8 Å². The van der Waals surface area contributed by atoms with Gasteiger partial charge in [-0.3, -0.25) is 0 Å². The van der Waals surface area contributed by atoms with Crippen LogP contribution in [0.5, 0.6) is 0 Å². The summed E-state index contributed by atoms with van der Waals surface area (Å²) >= 11 is 0. The molecule has 0 aliphatic carbocycles. The molecule has 0 bridgehead atoms. The SMILES string of the molecule is CC(NS(=O)(=O)c1cnc[nH]1)c1cc(F)ccc1N1CCN(C)CC1. The second kappa shape index (κ2) is 7.11. The van der Waals surface area contributed by atoms with Gasteiger partial charge in [0.1, 0.15) is 5.82 Å². The number of aromatic amines is 1. The van der Waals surface area contributed by atoms with E-state index in [4.69, 9.17) is 0 Å². The molecular weight excluding hydrogens is 345 g/mol. The summed E-state index contributed by atoms with van der Waals surface area (Å²) in [6, 6.07) is 3.94. The molecule has 2 N–H and O–H groups in total. The van der Waals surface area contributed by atoms with Crippen molar-refractivity contribution in [3.8, 4) is 0 Å². The van der Waals surface area contributed by atoms with Gasteiger partial charge in [0.25, 0.3) is 10.0 Å². The Hall–Kier alpha value is -1.97. The van der Waals surface area contributed by atoms with Crippen molar-refractivity contribution in [2.75, 3.05) is 38.1 Å². The first-order chi connectivity index (χ1) is 11.9. The zero-order chi connectivity index (χ0) is 18.0. The monoisotopic (exact) mass is 367 g/mol. The molecule has 7 nitrogen and oxygen atoms in total. The second-order valence-corrected chi connectivity index (χ2v) is 7.93. The minimum Gasteiger partial charge on any atom is -0.369 e. The third-order valence-electron chi connectivity index (χ3n) is 4.39. The molecule has 0 radical (unpaired) electrons. The smallest absolute Gasteiger partial charge is 0.258 e. The molecule has 1 aliphatic rings. The van der Waals surface area contributed by atoms with Gasteiger partial charge >= 0.3 is 0 Å². The first kappa shape index (κ1) is 17.8. The zero-order valence-corrected chi connectivity index (χ0v) is 15.1. The van der Waals surface area contributed by atoms with Crippen molar-refractivity contribution >= 4 is 15.7 Å². The first-order valence-electron chi connectivity index (χ1n) is 8.10. The van der Waals surface area contributed by atoms with Crippen molar-refractivity contribution in [3.05, 3.63) is 42.1 Å². The van der Waals surface area contributed by atoms with E-state index in [1.165, 1.54) is 24.7 Å². The summed E-state index contributed by atoms with van der Waals surface area (Å²) in [7, 11) is -1.69. The van der Waals surface area contributed by atoms with E-state index in [1.54, 1.807) is 13.0 Å². The molecule has 0 spiro atoms. The van der Waals surface area contributed by atoms with Gasteiger partial charge in [0, 0.05) is 37.9 Å². The lowest BCUT2D eigenvalue weighted by Crippen LogP contribution is -2.45. The molecule has 136 valence electrons. The molecule has 1 saturated heterocycles. The lowest BCUT2D eigenvalue weighted by atomic mass is 10.0. The fraction of sp³-hybridized carbons (Fsp3) is 0.438. The Morgan fingerprint density at radius 3 is 2.64 bits per heavy atom. The van der Waals surface area contributed by atoms with Crippen LogP contribution in [0.1, 0.15) is 18.5 Å². The van der Waals surface area contributed by atoms with Crippen LogP contribution in [0.25, 0.3) is 0 Å². The van der Waals surface area contributed by atoms with Crippen molar-refractivity contribution in [3.63, 3.8) is 0 Å². The molecule has 0 saturated carbocycles. The van der Waals surface area contributed by atoms with Crippen molar-refractivity contribution in [2.45, 2.75) is 18.0 Å². The number of anilines is 1. The van der Waals surface area contributed by atoms with E-state index >= 15 is 0 Å². The van der Waals surface area contributed by atoms with Crippen molar-refractivity contribution in [1.82, 2.24) is 19.6 Å².